The Morgan fingerprint density at radius 2 is 1.75 bits per heavy atom. The monoisotopic (exact) mass is 438 g/mol. The van der Waals surface area contributed by atoms with Crippen LogP contribution in [0.4, 0.5) is 0 Å². The molecule has 0 unspecified atom stereocenters. The van der Waals surface area contributed by atoms with Crippen molar-refractivity contribution in [3.8, 4) is 5.88 Å². The SMILES string of the molecule is CCC(=NC1CCN(Cc2ccccc2)CC1)c1c(O)n(C2CCCCC2)c(=O)[nH]c1=O. The number of aromatic amines is 1. The maximum absolute atomic E-state index is 12.7. The van der Waals surface area contributed by atoms with Crippen molar-refractivity contribution in [2.75, 3.05) is 13.1 Å². The number of likely N-dealkylation sites (tertiary alicyclic amines) is 1. The number of hydrogen-bond donors (Lipinski definition) is 2. The molecule has 1 aliphatic carbocycles. The van der Waals surface area contributed by atoms with E-state index in [0.29, 0.717) is 12.1 Å². The van der Waals surface area contributed by atoms with Crippen LogP contribution in [0.3, 0.4) is 0 Å². The van der Waals surface area contributed by atoms with E-state index in [1.54, 1.807) is 0 Å². The van der Waals surface area contributed by atoms with Crippen molar-refractivity contribution >= 4 is 5.71 Å². The normalized spacial score (nSPS) is 19.3. The highest BCUT2D eigenvalue weighted by Gasteiger charge is 2.26. The number of aromatic hydroxyl groups is 1. The molecule has 0 atom stereocenters. The highest BCUT2D eigenvalue weighted by Crippen LogP contribution is 2.30. The molecule has 0 bridgehead atoms. The summed E-state index contributed by atoms with van der Waals surface area (Å²) in [6, 6.07) is 10.5. The van der Waals surface area contributed by atoms with E-state index in [1.807, 2.05) is 13.0 Å². The highest BCUT2D eigenvalue weighted by atomic mass is 16.3. The van der Waals surface area contributed by atoms with Crippen LogP contribution in [-0.4, -0.2) is 44.4 Å². The van der Waals surface area contributed by atoms with E-state index in [0.717, 1.165) is 64.6 Å². The van der Waals surface area contributed by atoms with Gasteiger partial charge in [0.15, 0.2) is 0 Å². The van der Waals surface area contributed by atoms with E-state index in [-0.39, 0.29) is 23.5 Å². The van der Waals surface area contributed by atoms with Gasteiger partial charge in [-0.2, -0.15) is 0 Å². The van der Waals surface area contributed by atoms with Gasteiger partial charge in [-0.25, -0.2) is 4.79 Å². The zero-order chi connectivity index (χ0) is 22.5. The van der Waals surface area contributed by atoms with Crippen molar-refractivity contribution in [3.63, 3.8) is 0 Å². The highest BCUT2D eigenvalue weighted by molar-refractivity contribution is 6.02. The minimum Gasteiger partial charge on any atom is -0.494 e. The molecular weight excluding hydrogens is 404 g/mol. The second kappa shape index (κ2) is 10.3. The molecule has 2 aromatic rings. The number of aromatic nitrogens is 2. The van der Waals surface area contributed by atoms with Gasteiger partial charge in [0.2, 0.25) is 5.88 Å². The lowest BCUT2D eigenvalue weighted by molar-refractivity contribution is 0.206. The molecule has 0 amide bonds. The van der Waals surface area contributed by atoms with E-state index < -0.39 is 11.2 Å². The van der Waals surface area contributed by atoms with Gasteiger partial charge in [0, 0.05) is 25.7 Å². The van der Waals surface area contributed by atoms with Crippen LogP contribution >= 0.6 is 0 Å². The summed E-state index contributed by atoms with van der Waals surface area (Å²) in [6.45, 7) is 4.77. The standard InChI is InChI=1S/C25H34N4O3/c1-2-21(26-19-13-15-28(16-14-19)17-18-9-5-3-6-10-18)22-23(30)27-25(32)29(24(22)31)20-11-7-4-8-12-20/h3,5-6,9-10,19-20,31H,2,4,7-8,11-17H2,1H3,(H,27,30,32). The first-order valence-electron chi connectivity index (χ1n) is 12.0. The molecular formula is C25H34N4O3. The molecule has 1 saturated heterocycles. The van der Waals surface area contributed by atoms with Gasteiger partial charge >= 0.3 is 5.69 Å². The lowest BCUT2D eigenvalue weighted by Gasteiger charge is -2.30. The lowest BCUT2D eigenvalue weighted by atomic mass is 9.95. The van der Waals surface area contributed by atoms with Gasteiger partial charge in [0.1, 0.15) is 5.56 Å². The van der Waals surface area contributed by atoms with Crippen molar-refractivity contribution in [1.82, 2.24) is 14.5 Å². The molecule has 1 aromatic heterocycles. The summed E-state index contributed by atoms with van der Waals surface area (Å²) in [5, 5.41) is 11.0. The average molecular weight is 439 g/mol. The van der Waals surface area contributed by atoms with Crippen LogP contribution in [0.15, 0.2) is 44.9 Å². The van der Waals surface area contributed by atoms with Gasteiger partial charge in [-0.15, -0.1) is 0 Å². The third kappa shape index (κ3) is 5.04. The topological polar surface area (TPSA) is 90.7 Å². The molecule has 1 saturated carbocycles. The molecule has 2 aliphatic rings. The second-order valence-corrected chi connectivity index (χ2v) is 9.04. The molecule has 172 valence electrons. The summed E-state index contributed by atoms with van der Waals surface area (Å²) >= 11 is 0. The van der Waals surface area contributed by atoms with Crippen molar-refractivity contribution < 1.29 is 5.11 Å². The van der Waals surface area contributed by atoms with Crippen LogP contribution in [0.1, 0.15) is 75.5 Å². The summed E-state index contributed by atoms with van der Waals surface area (Å²) in [7, 11) is 0. The van der Waals surface area contributed by atoms with Crippen molar-refractivity contribution in [1.29, 1.82) is 0 Å². The van der Waals surface area contributed by atoms with E-state index >= 15 is 0 Å². The van der Waals surface area contributed by atoms with Gasteiger partial charge in [0.25, 0.3) is 5.56 Å². The molecule has 2 fully saturated rings. The van der Waals surface area contributed by atoms with E-state index in [4.69, 9.17) is 4.99 Å². The minimum atomic E-state index is -0.540. The largest absolute Gasteiger partial charge is 0.494 e. The number of H-pyrrole nitrogens is 1. The minimum absolute atomic E-state index is 0.0637. The van der Waals surface area contributed by atoms with E-state index in [9.17, 15) is 14.7 Å². The first kappa shape index (κ1) is 22.5. The molecule has 0 radical (unpaired) electrons. The molecule has 2 heterocycles. The first-order chi connectivity index (χ1) is 15.6. The van der Waals surface area contributed by atoms with E-state index in [1.165, 1.54) is 10.1 Å². The number of benzene rings is 1. The third-order valence-corrected chi connectivity index (χ3v) is 6.83. The van der Waals surface area contributed by atoms with Crippen molar-refractivity contribution in [2.24, 2.45) is 4.99 Å². The molecule has 7 heteroatoms. The average Bonchev–Trinajstić information content (AvgIpc) is 2.80. The van der Waals surface area contributed by atoms with Gasteiger partial charge in [-0.05, 0) is 37.7 Å². The Hall–Kier alpha value is -2.67. The Morgan fingerprint density at radius 1 is 1.06 bits per heavy atom. The summed E-state index contributed by atoms with van der Waals surface area (Å²) in [4.78, 5) is 34.9. The van der Waals surface area contributed by atoms with Gasteiger partial charge in [-0.3, -0.25) is 24.2 Å². The predicted molar refractivity (Wildman–Crippen MR) is 127 cm³/mol. The smallest absolute Gasteiger partial charge is 0.331 e. The summed E-state index contributed by atoms with van der Waals surface area (Å²) in [6.07, 6.45) is 7.25. The van der Waals surface area contributed by atoms with Crippen molar-refractivity contribution in [2.45, 2.75) is 76.9 Å². The Bertz CT molecular complexity index is 1040. The molecule has 1 aromatic carbocycles. The number of nitrogens with one attached hydrogen (secondary N) is 1. The summed E-state index contributed by atoms with van der Waals surface area (Å²) in [5.41, 5.74) is 1.01. The van der Waals surface area contributed by atoms with Gasteiger partial charge in [0.05, 0.1) is 11.8 Å². The Kier molecular flexibility index (Phi) is 7.25. The zero-order valence-electron chi connectivity index (χ0n) is 18.9. The fourth-order valence-electron chi connectivity index (χ4n) is 5.08. The van der Waals surface area contributed by atoms with Crippen LogP contribution in [0.5, 0.6) is 5.88 Å². The fraction of sp³-hybridized carbons (Fsp3) is 0.560. The summed E-state index contributed by atoms with van der Waals surface area (Å²) < 4.78 is 1.39. The number of hydrogen-bond acceptors (Lipinski definition) is 5. The molecule has 4 rings (SSSR count). The number of piperidine rings is 1. The van der Waals surface area contributed by atoms with Gasteiger partial charge in [-0.1, -0.05) is 56.5 Å². The van der Waals surface area contributed by atoms with Crippen LogP contribution in [0.25, 0.3) is 0 Å². The number of aliphatic imine (C=N–C) groups is 1. The lowest BCUT2D eigenvalue weighted by Crippen LogP contribution is -2.37. The Morgan fingerprint density at radius 3 is 2.41 bits per heavy atom. The number of rotatable bonds is 6. The van der Waals surface area contributed by atoms with Crippen LogP contribution in [-0.2, 0) is 6.54 Å². The van der Waals surface area contributed by atoms with Crippen LogP contribution in [0.2, 0.25) is 0 Å². The van der Waals surface area contributed by atoms with Crippen molar-refractivity contribution in [3.05, 3.63) is 62.3 Å². The zero-order valence-corrected chi connectivity index (χ0v) is 18.9. The van der Waals surface area contributed by atoms with Crippen LogP contribution in [0, 0.1) is 0 Å². The fourth-order valence-corrected chi connectivity index (χ4v) is 5.08. The molecule has 7 nitrogen and oxygen atoms in total. The third-order valence-electron chi connectivity index (χ3n) is 6.83. The predicted octanol–water partition coefficient (Wildman–Crippen LogP) is 3.61. The molecule has 32 heavy (non-hydrogen) atoms. The molecule has 0 spiro atoms. The maximum Gasteiger partial charge on any atom is 0.331 e. The van der Waals surface area contributed by atoms with Gasteiger partial charge < -0.3 is 5.11 Å². The Balaban J connectivity index is 1.52. The van der Waals surface area contributed by atoms with E-state index in [2.05, 4.69) is 34.1 Å². The molecule has 1 aliphatic heterocycles. The van der Waals surface area contributed by atoms with Crippen LogP contribution < -0.4 is 11.2 Å². The second-order valence-electron chi connectivity index (χ2n) is 9.04. The Labute approximate surface area is 188 Å². The maximum atomic E-state index is 12.7. The quantitative estimate of drug-likeness (QED) is 0.674. The molecule has 2 N–H and O–H groups in total. The number of nitrogens with zero attached hydrogens (tertiary/aromatic N) is 3. The summed E-state index contributed by atoms with van der Waals surface area (Å²) in [5.74, 6) is -0.215. The first-order valence-corrected chi connectivity index (χ1v) is 12.0.